The predicted octanol–water partition coefficient (Wildman–Crippen LogP) is 1.77. The van der Waals surface area contributed by atoms with Crippen LogP contribution in [0, 0.1) is 28.6 Å². The van der Waals surface area contributed by atoms with Crippen LogP contribution in [0.4, 0.5) is 0 Å². The summed E-state index contributed by atoms with van der Waals surface area (Å²) in [6.45, 7) is 1.74. The molecule has 2 aliphatic carbocycles. The lowest BCUT2D eigenvalue weighted by Gasteiger charge is -2.49. The van der Waals surface area contributed by atoms with Crippen LogP contribution in [0.25, 0.3) is 0 Å². The molecule has 3 nitrogen and oxygen atoms in total. The van der Waals surface area contributed by atoms with Gasteiger partial charge in [0.25, 0.3) is 0 Å². The van der Waals surface area contributed by atoms with E-state index in [1.807, 2.05) is 0 Å². The van der Waals surface area contributed by atoms with Crippen molar-refractivity contribution in [1.82, 2.24) is 4.90 Å². The summed E-state index contributed by atoms with van der Waals surface area (Å²) in [5.74, 6) is 1.16. The number of hydrogen-bond acceptors (Lipinski definition) is 3. The van der Waals surface area contributed by atoms with Gasteiger partial charge in [0, 0.05) is 6.54 Å². The molecule has 3 aliphatic rings. The fourth-order valence-electron chi connectivity index (χ4n) is 4.75. The first-order valence-corrected chi connectivity index (χ1v) is 6.92. The highest BCUT2D eigenvalue weighted by Gasteiger charge is 2.62. The summed E-state index contributed by atoms with van der Waals surface area (Å²) >= 11 is 0. The summed E-state index contributed by atoms with van der Waals surface area (Å²) in [5, 5.41) is 20.8. The number of likely N-dealkylation sites (N-methyl/N-ethyl adjacent to an activating group) is 1. The van der Waals surface area contributed by atoms with Gasteiger partial charge in [0.1, 0.15) is 0 Å². The van der Waals surface area contributed by atoms with E-state index in [-0.39, 0.29) is 0 Å². The molecular formula is C14H22N2O. The Morgan fingerprint density at radius 2 is 2.24 bits per heavy atom. The van der Waals surface area contributed by atoms with E-state index in [0.29, 0.717) is 18.4 Å². The molecule has 0 amide bonds. The Bertz CT molecular complexity index is 364. The van der Waals surface area contributed by atoms with E-state index in [2.05, 4.69) is 18.0 Å². The van der Waals surface area contributed by atoms with E-state index in [9.17, 15) is 10.4 Å². The molecule has 1 heterocycles. The minimum absolute atomic E-state index is 0.440. The smallest absolute Gasteiger partial charge is 0.0962 e. The number of aliphatic hydroxyl groups is 1. The predicted molar refractivity (Wildman–Crippen MR) is 65.2 cm³/mol. The van der Waals surface area contributed by atoms with Crippen molar-refractivity contribution in [3.05, 3.63) is 0 Å². The second-order valence-electron chi connectivity index (χ2n) is 6.54. The summed E-state index contributed by atoms with van der Waals surface area (Å²) in [5.41, 5.74) is -1.20. The molecule has 2 saturated carbocycles. The first kappa shape index (κ1) is 11.5. The zero-order valence-corrected chi connectivity index (χ0v) is 10.7. The Morgan fingerprint density at radius 3 is 2.76 bits per heavy atom. The van der Waals surface area contributed by atoms with Gasteiger partial charge < -0.3 is 10.0 Å². The van der Waals surface area contributed by atoms with Gasteiger partial charge in [-0.25, -0.2) is 0 Å². The number of likely N-dealkylation sites (tertiary alicyclic amines) is 1. The van der Waals surface area contributed by atoms with Gasteiger partial charge in [0.2, 0.25) is 0 Å². The Hall–Kier alpha value is -0.590. The van der Waals surface area contributed by atoms with Crippen molar-refractivity contribution < 1.29 is 5.11 Å². The molecule has 1 aliphatic heterocycles. The summed E-state index contributed by atoms with van der Waals surface area (Å²) in [4.78, 5) is 2.19. The number of nitriles is 1. The maximum absolute atomic E-state index is 11.0. The Morgan fingerprint density at radius 1 is 1.41 bits per heavy atom. The van der Waals surface area contributed by atoms with Gasteiger partial charge in [-0.3, -0.25) is 0 Å². The third-order valence-corrected chi connectivity index (χ3v) is 5.54. The summed E-state index contributed by atoms with van der Waals surface area (Å²) < 4.78 is 0. The lowest BCUT2D eigenvalue weighted by Crippen LogP contribution is -2.59. The average molecular weight is 234 g/mol. The summed E-state index contributed by atoms with van der Waals surface area (Å²) in [6, 6.07) is 2.56. The lowest BCUT2D eigenvalue weighted by molar-refractivity contribution is -0.119. The summed E-state index contributed by atoms with van der Waals surface area (Å²) in [7, 11) is 2.06. The minimum Gasteiger partial charge on any atom is -0.387 e. The van der Waals surface area contributed by atoms with Gasteiger partial charge in [0.05, 0.1) is 17.1 Å². The molecule has 4 atom stereocenters. The molecule has 1 N–H and O–H groups in total. The van der Waals surface area contributed by atoms with Gasteiger partial charge in [-0.2, -0.15) is 5.26 Å². The Kier molecular flexibility index (Phi) is 2.50. The number of hydrogen-bond donors (Lipinski definition) is 1. The number of nitrogens with zero attached hydrogens (tertiary/aromatic N) is 2. The van der Waals surface area contributed by atoms with Crippen molar-refractivity contribution in [3.8, 4) is 6.07 Å². The molecule has 0 aromatic rings. The molecule has 3 rings (SSSR count). The molecule has 3 fully saturated rings. The van der Waals surface area contributed by atoms with E-state index < -0.39 is 11.0 Å². The first-order chi connectivity index (χ1) is 8.10. The van der Waals surface area contributed by atoms with Gasteiger partial charge in [-0.05, 0) is 57.5 Å². The van der Waals surface area contributed by atoms with E-state index in [4.69, 9.17) is 0 Å². The van der Waals surface area contributed by atoms with Gasteiger partial charge >= 0.3 is 0 Å². The quantitative estimate of drug-likeness (QED) is 0.752. The molecule has 0 spiro atoms. The molecule has 94 valence electrons. The Labute approximate surface area is 103 Å². The number of rotatable bonds is 1. The molecule has 0 radical (unpaired) electrons. The van der Waals surface area contributed by atoms with Crippen molar-refractivity contribution in [3.63, 3.8) is 0 Å². The van der Waals surface area contributed by atoms with Crippen molar-refractivity contribution in [2.45, 2.75) is 44.1 Å². The number of fused-ring (bicyclic) bond motifs is 2. The molecule has 0 aromatic carbocycles. The molecule has 0 aromatic heterocycles. The van der Waals surface area contributed by atoms with E-state index in [1.54, 1.807) is 0 Å². The molecule has 4 unspecified atom stereocenters. The lowest BCUT2D eigenvalue weighted by atomic mass is 9.60. The van der Waals surface area contributed by atoms with Gasteiger partial charge in [0.15, 0.2) is 0 Å². The van der Waals surface area contributed by atoms with Crippen LogP contribution in [-0.4, -0.2) is 35.7 Å². The topological polar surface area (TPSA) is 47.3 Å². The van der Waals surface area contributed by atoms with E-state index in [0.717, 1.165) is 32.2 Å². The standard InChI is InChI=1S/C14H22N2O/c1-16-6-2-5-14(17,10-16)13(9-15)8-11-3-4-12(13)7-11/h11-12,17H,2-8,10H2,1H3. The maximum Gasteiger partial charge on any atom is 0.0962 e. The van der Waals surface area contributed by atoms with Gasteiger partial charge in [-0.15, -0.1) is 0 Å². The van der Waals surface area contributed by atoms with Crippen molar-refractivity contribution >= 4 is 0 Å². The largest absolute Gasteiger partial charge is 0.387 e. The molecule has 3 heteroatoms. The number of piperidine rings is 1. The fraction of sp³-hybridized carbons (Fsp3) is 0.929. The highest BCUT2D eigenvalue weighted by molar-refractivity contribution is 5.21. The van der Waals surface area contributed by atoms with Crippen LogP contribution in [0.5, 0.6) is 0 Å². The number of β-amino-alcohol motifs (C(OH)–C–C–N with tert-alkyl or cyclic N) is 1. The Balaban J connectivity index is 1.93. The normalized spacial score (nSPS) is 50.4. The van der Waals surface area contributed by atoms with Crippen LogP contribution >= 0.6 is 0 Å². The molecule has 2 bridgehead atoms. The van der Waals surface area contributed by atoms with Crippen molar-refractivity contribution in [2.24, 2.45) is 17.3 Å². The molecule has 17 heavy (non-hydrogen) atoms. The molecule has 1 saturated heterocycles. The SMILES string of the molecule is CN1CCCC(O)(C2(C#N)CC3CCC2C3)C1. The van der Waals surface area contributed by atoms with Crippen molar-refractivity contribution in [2.75, 3.05) is 20.1 Å². The highest BCUT2D eigenvalue weighted by atomic mass is 16.3. The van der Waals surface area contributed by atoms with Crippen molar-refractivity contribution in [1.29, 1.82) is 5.26 Å². The van der Waals surface area contributed by atoms with Crippen LogP contribution in [0.2, 0.25) is 0 Å². The van der Waals surface area contributed by atoms with E-state index in [1.165, 1.54) is 12.8 Å². The van der Waals surface area contributed by atoms with Crippen LogP contribution in [0.1, 0.15) is 38.5 Å². The van der Waals surface area contributed by atoms with Crippen LogP contribution < -0.4 is 0 Å². The zero-order valence-electron chi connectivity index (χ0n) is 10.7. The van der Waals surface area contributed by atoms with E-state index >= 15 is 0 Å². The maximum atomic E-state index is 11.0. The monoisotopic (exact) mass is 234 g/mol. The minimum atomic E-state index is -0.755. The molecular weight excluding hydrogens is 212 g/mol. The van der Waals surface area contributed by atoms with Crippen LogP contribution in [0.3, 0.4) is 0 Å². The third-order valence-electron chi connectivity index (χ3n) is 5.54. The second kappa shape index (κ2) is 3.70. The highest BCUT2D eigenvalue weighted by Crippen LogP contribution is 2.61. The summed E-state index contributed by atoms with van der Waals surface area (Å²) in [6.07, 6.45) is 6.39. The zero-order chi connectivity index (χ0) is 12.1. The van der Waals surface area contributed by atoms with Crippen LogP contribution in [-0.2, 0) is 0 Å². The third kappa shape index (κ3) is 1.47. The van der Waals surface area contributed by atoms with Gasteiger partial charge in [-0.1, -0.05) is 6.42 Å². The fourth-order valence-corrected chi connectivity index (χ4v) is 4.75. The second-order valence-corrected chi connectivity index (χ2v) is 6.54. The van der Waals surface area contributed by atoms with Crippen LogP contribution in [0.15, 0.2) is 0 Å². The average Bonchev–Trinajstić information content (AvgIpc) is 2.88. The first-order valence-electron chi connectivity index (χ1n) is 6.92.